The molecule has 33 heavy (non-hydrogen) atoms. The Morgan fingerprint density at radius 1 is 0.818 bits per heavy atom. The van der Waals surface area contributed by atoms with Crippen molar-refractivity contribution in [3.8, 4) is 45.8 Å². The monoisotopic (exact) mass is 452 g/mol. The first-order chi connectivity index (χ1) is 16.0. The SMILES string of the molecule is COc1cc(-c2nc3cnccn3c2Nc2cc(OC)c(OC)c(OC)c2)cc(OC)c1O. The molecule has 0 amide bonds. The second-order valence-corrected chi connectivity index (χ2v) is 6.88. The van der Waals surface area contributed by atoms with Crippen molar-refractivity contribution in [1.82, 2.24) is 14.4 Å². The maximum Gasteiger partial charge on any atom is 0.203 e. The van der Waals surface area contributed by atoms with E-state index in [0.29, 0.717) is 45.7 Å². The molecule has 0 saturated heterocycles. The van der Waals surface area contributed by atoms with E-state index in [0.717, 1.165) is 0 Å². The van der Waals surface area contributed by atoms with Gasteiger partial charge in [0.05, 0.1) is 41.7 Å². The molecule has 0 spiro atoms. The van der Waals surface area contributed by atoms with E-state index in [4.69, 9.17) is 28.7 Å². The van der Waals surface area contributed by atoms with Crippen LogP contribution in [-0.4, -0.2) is 55.0 Å². The Morgan fingerprint density at radius 3 is 1.97 bits per heavy atom. The molecule has 10 heteroatoms. The number of anilines is 2. The predicted octanol–water partition coefficient (Wildman–Crippen LogP) is 3.89. The van der Waals surface area contributed by atoms with Crippen molar-refractivity contribution in [2.24, 2.45) is 0 Å². The van der Waals surface area contributed by atoms with E-state index in [1.165, 1.54) is 14.2 Å². The van der Waals surface area contributed by atoms with Crippen LogP contribution in [0.2, 0.25) is 0 Å². The van der Waals surface area contributed by atoms with Crippen LogP contribution in [0.1, 0.15) is 0 Å². The fourth-order valence-electron chi connectivity index (χ4n) is 3.55. The third kappa shape index (κ3) is 3.86. The number of ether oxygens (including phenoxy) is 5. The van der Waals surface area contributed by atoms with Gasteiger partial charge in [-0.3, -0.25) is 9.38 Å². The molecule has 0 aliphatic rings. The molecule has 0 atom stereocenters. The topological polar surface area (TPSA) is 109 Å². The van der Waals surface area contributed by atoms with Crippen molar-refractivity contribution in [2.45, 2.75) is 0 Å². The van der Waals surface area contributed by atoms with E-state index in [-0.39, 0.29) is 17.2 Å². The number of hydrogen-bond donors (Lipinski definition) is 2. The van der Waals surface area contributed by atoms with Gasteiger partial charge in [-0.2, -0.15) is 0 Å². The molecule has 0 aliphatic carbocycles. The number of phenols is 1. The van der Waals surface area contributed by atoms with E-state index >= 15 is 0 Å². The largest absolute Gasteiger partial charge is 0.502 e. The van der Waals surface area contributed by atoms with Crippen LogP contribution in [-0.2, 0) is 0 Å². The third-order valence-corrected chi connectivity index (χ3v) is 5.11. The summed E-state index contributed by atoms with van der Waals surface area (Å²) in [6.45, 7) is 0. The maximum atomic E-state index is 10.3. The highest BCUT2D eigenvalue weighted by Crippen LogP contribution is 2.44. The highest BCUT2D eigenvalue weighted by atomic mass is 16.5. The van der Waals surface area contributed by atoms with Gasteiger partial charge in [0.15, 0.2) is 28.6 Å². The average Bonchev–Trinajstić information content (AvgIpc) is 3.21. The van der Waals surface area contributed by atoms with Crippen molar-refractivity contribution >= 4 is 17.2 Å². The van der Waals surface area contributed by atoms with E-state index < -0.39 is 0 Å². The van der Waals surface area contributed by atoms with Gasteiger partial charge < -0.3 is 34.1 Å². The number of aromatic nitrogens is 3. The Labute approximate surface area is 190 Å². The zero-order valence-electron chi connectivity index (χ0n) is 18.9. The molecule has 2 heterocycles. The summed E-state index contributed by atoms with van der Waals surface area (Å²) in [7, 11) is 7.61. The van der Waals surface area contributed by atoms with Crippen LogP contribution < -0.4 is 29.0 Å². The van der Waals surface area contributed by atoms with Gasteiger partial charge in [-0.25, -0.2) is 4.98 Å². The van der Waals surface area contributed by atoms with Crippen LogP contribution in [0, 0.1) is 0 Å². The zero-order chi connectivity index (χ0) is 23.5. The van der Waals surface area contributed by atoms with Crippen LogP contribution in [0.5, 0.6) is 34.5 Å². The Balaban J connectivity index is 1.91. The Kier molecular flexibility index (Phi) is 5.99. The fourth-order valence-corrected chi connectivity index (χ4v) is 3.55. The lowest BCUT2D eigenvalue weighted by Gasteiger charge is -2.16. The van der Waals surface area contributed by atoms with Gasteiger partial charge in [0.2, 0.25) is 11.5 Å². The average molecular weight is 452 g/mol. The van der Waals surface area contributed by atoms with Gasteiger partial charge in [-0.05, 0) is 12.1 Å². The normalized spacial score (nSPS) is 10.7. The van der Waals surface area contributed by atoms with Crippen molar-refractivity contribution in [3.63, 3.8) is 0 Å². The van der Waals surface area contributed by atoms with Gasteiger partial charge in [0.1, 0.15) is 11.5 Å². The Hall–Kier alpha value is -4.34. The molecule has 0 bridgehead atoms. The molecule has 2 aromatic heterocycles. The number of benzene rings is 2. The van der Waals surface area contributed by atoms with Gasteiger partial charge in [0.25, 0.3) is 0 Å². The number of nitrogens with one attached hydrogen (secondary N) is 1. The van der Waals surface area contributed by atoms with Gasteiger partial charge in [-0.15, -0.1) is 0 Å². The van der Waals surface area contributed by atoms with Crippen LogP contribution >= 0.6 is 0 Å². The molecule has 172 valence electrons. The molecule has 0 fully saturated rings. The molecule has 0 aliphatic heterocycles. The minimum Gasteiger partial charge on any atom is -0.502 e. The highest BCUT2D eigenvalue weighted by Gasteiger charge is 2.21. The number of aromatic hydroxyl groups is 1. The standard InChI is InChI=1S/C23H24N4O6/c1-29-15-8-13(9-16(30-2)21(15)28)20-23(27-7-6-24-12-19(27)26-20)25-14-10-17(31-3)22(33-5)18(11-14)32-4/h6-12,25,28H,1-5H3. The summed E-state index contributed by atoms with van der Waals surface area (Å²) in [4.78, 5) is 8.91. The summed E-state index contributed by atoms with van der Waals surface area (Å²) in [6, 6.07) is 6.97. The van der Waals surface area contributed by atoms with E-state index in [9.17, 15) is 5.11 Å². The number of rotatable bonds is 8. The molecular weight excluding hydrogens is 428 g/mol. The number of fused-ring (bicyclic) bond motifs is 1. The molecule has 2 aromatic carbocycles. The van der Waals surface area contributed by atoms with Crippen molar-refractivity contribution in [1.29, 1.82) is 0 Å². The summed E-state index contributed by atoms with van der Waals surface area (Å²) in [5, 5.41) is 13.7. The molecule has 10 nitrogen and oxygen atoms in total. The minimum atomic E-state index is -0.0895. The lowest BCUT2D eigenvalue weighted by Crippen LogP contribution is -2.00. The van der Waals surface area contributed by atoms with E-state index in [1.807, 2.05) is 4.40 Å². The van der Waals surface area contributed by atoms with Crippen LogP contribution in [0.15, 0.2) is 42.9 Å². The first-order valence-corrected chi connectivity index (χ1v) is 9.89. The van der Waals surface area contributed by atoms with Crippen molar-refractivity contribution in [2.75, 3.05) is 40.9 Å². The van der Waals surface area contributed by atoms with Gasteiger partial charge in [-0.1, -0.05) is 0 Å². The zero-order valence-corrected chi connectivity index (χ0v) is 18.9. The summed E-state index contributed by atoms with van der Waals surface area (Å²) in [5.74, 6) is 2.58. The Morgan fingerprint density at radius 2 is 1.42 bits per heavy atom. The summed E-state index contributed by atoms with van der Waals surface area (Å²) in [5.41, 5.74) is 2.56. The predicted molar refractivity (Wildman–Crippen MR) is 123 cm³/mol. The van der Waals surface area contributed by atoms with Gasteiger partial charge >= 0.3 is 0 Å². The minimum absolute atomic E-state index is 0.0895. The van der Waals surface area contributed by atoms with Crippen LogP contribution in [0.25, 0.3) is 16.9 Å². The third-order valence-electron chi connectivity index (χ3n) is 5.11. The lowest BCUT2D eigenvalue weighted by atomic mass is 10.1. The molecule has 4 rings (SSSR count). The smallest absolute Gasteiger partial charge is 0.203 e. The molecule has 0 saturated carbocycles. The van der Waals surface area contributed by atoms with Crippen LogP contribution in [0.4, 0.5) is 11.5 Å². The number of nitrogens with zero attached hydrogens (tertiary/aromatic N) is 3. The first kappa shape index (κ1) is 21.9. The second kappa shape index (κ2) is 9.03. The first-order valence-electron chi connectivity index (χ1n) is 9.89. The molecule has 4 aromatic rings. The quantitative estimate of drug-likeness (QED) is 0.411. The van der Waals surface area contributed by atoms with Gasteiger partial charge in [0, 0.05) is 35.8 Å². The molecule has 0 radical (unpaired) electrons. The summed E-state index contributed by atoms with van der Waals surface area (Å²) >= 11 is 0. The lowest BCUT2D eigenvalue weighted by molar-refractivity contribution is 0.324. The molecule has 0 unspecified atom stereocenters. The van der Waals surface area contributed by atoms with Crippen LogP contribution in [0.3, 0.4) is 0 Å². The number of methoxy groups -OCH3 is 5. The molecule has 2 N–H and O–H groups in total. The summed E-state index contributed by atoms with van der Waals surface area (Å²) in [6.07, 6.45) is 5.11. The maximum absolute atomic E-state index is 10.3. The summed E-state index contributed by atoms with van der Waals surface area (Å²) < 4.78 is 28.9. The Bertz CT molecular complexity index is 1250. The van der Waals surface area contributed by atoms with E-state index in [2.05, 4.69) is 10.3 Å². The van der Waals surface area contributed by atoms with Crippen molar-refractivity contribution in [3.05, 3.63) is 42.9 Å². The van der Waals surface area contributed by atoms with Crippen molar-refractivity contribution < 1.29 is 28.8 Å². The highest BCUT2D eigenvalue weighted by molar-refractivity contribution is 5.82. The fraction of sp³-hybridized carbons (Fsp3) is 0.217. The molecular formula is C23H24N4O6. The number of phenolic OH excluding ortho intramolecular Hbond substituents is 1. The number of imidazole rings is 1. The second-order valence-electron chi connectivity index (χ2n) is 6.88. The number of hydrogen-bond acceptors (Lipinski definition) is 9. The van der Waals surface area contributed by atoms with E-state index in [1.54, 1.807) is 64.2 Å².